The fourth-order valence-electron chi connectivity index (χ4n) is 2.65. The number of ether oxygens (including phenoxy) is 1. The van der Waals surface area contributed by atoms with E-state index in [1.807, 2.05) is 36.4 Å². The predicted octanol–water partition coefficient (Wildman–Crippen LogP) is 3.24. The van der Waals surface area contributed by atoms with Gasteiger partial charge >= 0.3 is 0 Å². The maximum absolute atomic E-state index is 11.2. The molecule has 0 bridgehead atoms. The van der Waals surface area contributed by atoms with E-state index in [1.165, 1.54) is 0 Å². The Bertz CT molecular complexity index is 611. The van der Waals surface area contributed by atoms with Crippen LogP contribution in [0.3, 0.4) is 0 Å². The Morgan fingerprint density at radius 2 is 1.62 bits per heavy atom. The lowest BCUT2D eigenvalue weighted by Gasteiger charge is -2.29. The van der Waals surface area contributed by atoms with E-state index in [0.717, 1.165) is 41.3 Å². The van der Waals surface area contributed by atoms with E-state index in [-0.39, 0.29) is 6.04 Å². The van der Waals surface area contributed by atoms with Gasteiger partial charge in [-0.15, -0.1) is 0 Å². The highest BCUT2D eigenvalue weighted by atomic mass is 32.2. The highest BCUT2D eigenvalue weighted by Gasteiger charge is 2.25. The largest absolute Gasteiger partial charge is 0.457 e. The van der Waals surface area contributed by atoms with Crippen LogP contribution in [0.5, 0.6) is 11.5 Å². The van der Waals surface area contributed by atoms with Gasteiger partial charge in [0.05, 0.1) is 6.04 Å². The minimum absolute atomic E-state index is 0.136. The van der Waals surface area contributed by atoms with Crippen molar-refractivity contribution in [2.45, 2.75) is 12.5 Å². The summed E-state index contributed by atoms with van der Waals surface area (Å²) >= 11 is 0. The molecule has 1 aliphatic rings. The van der Waals surface area contributed by atoms with Crippen molar-refractivity contribution >= 4 is 10.8 Å². The second kappa shape index (κ2) is 6.41. The summed E-state index contributed by atoms with van der Waals surface area (Å²) in [6.07, 6.45) is 2.66. The quantitative estimate of drug-likeness (QED) is 0.862. The zero-order valence-electron chi connectivity index (χ0n) is 12.0. The molecule has 2 aromatic rings. The normalized spacial score (nSPS) is 14.9. The van der Waals surface area contributed by atoms with Gasteiger partial charge in [0.1, 0.15) is 11.5 Å². The van der Waals surface area contributed by atoms with E-state index < -0.39 is 10.8 Å². The SMILES string of the molecule is CS(=O)CCCNC1c2ccccc2Oc2ccccc21. The van der Waals surface area contributed by atoms with E-state index in [9.17, 15) is 4.21 Å². The Labute approximate surface area is 127 Å². The highest BCUT2D eigenvalue weighted by Crippen LogP contribution is 2.42. The van der Waals surface area contributed by atoms with Crippen LogP contribution in [0.1, 0.15) is 23.6 Å². The van der Waals surface area contributed by atoms with Crippen molar-refractivity contribution < 1.29 is 8.95 Å². The lowest BCUT2D eigenvalue weighted by atomic mass is 9.94. The Morgan fingerprint density at radius 1 is 1.05 bits per heavy atom. The lowest BCUT2D eigenvalue weighted by molar-refractivity contribution is 0.428. The molecule has 3 rings (SSSR count). The molecule has 0 aromatic heterocycles. The molecule has 1 unspecified atom stereocenters. The van der Waals surface area contributed by atoms with Crippen molar-refractivity contribution in [1.82, 2.24) is 5.32 Å². The van der Waals surface area contributed by atoms with Crippen LogP contribution in [0, 0.1) is 0 Å². The van der Waals surface area contributed by atoms with E-state index in [2.05, 4.69) is 17.4 Å². The first-order valence-electron chi connectivity index (χ1n) is 7.15. The van der Waals surface area contributed by atoms with E-state index in [4.69, 9.17) is 4.74 Å². The monoisotopic (exact) mass is 301 g/mol. The summed E-state index contributed by atoms with van der Waals surface area (Å²) < 4.78 is 17.1. The van der Waals surface area contributed by atoms with Gasteiger partial charge in [0, 0.05) is 33.9 Å². The molecule has 1 N–H and O–H groups in total. The molecular formula is C17H19NO2S. The van der Waals surface area contributed by atoms with Crippen LogP contribution in [-0.4, -0.2) is 22.8 Å². The zero-order chi connectivity index (χ0) is 14.7. The average Bonchev–Trinajstić information content (AvgIpc) is 2.50. The molecule has 0 spiro atoms. The fourth-order valence-corrected chi connectivity index (χ4v) is 3.20. The summed E-state index contributed by atoms with van der Waals surface area (Å²) in [6, 6.07) is 16.4. The number of hydrogen-bond donors (Lipinski definition) is 1. The van der Waals surface area contributed by atoms with Crippen molar-refractivity contribution in [2.24, 2.45) is 0 Å². The number of hydrogen-bond acceptors (Lipinski definition) is 3. The van der Waals surface area contributed by atoms with Gasteiger partial charge in [-0.1, -0.05) is 36.4 Å². The second-order valence-electron chi connectivity index (χ2n) is 5.20. The second-order valence-corrected chi connectivity index (χ2v) is 6.75. The molecule has 1 heterocycles. The Morgan fingerprint density at radius 3 is 2.19 bits per heavy atom. The van der Waals surface area contributed by atoms with Gasteiger partial charge in [-0.05, 0) is 25.1 Å². The van der Waals surface area contributed by atoms with E-state index in [1.54, 1.807) is 6.26 Å². The smallest absolute Gasteiger partial charge is 0.132 e. The van der Waals surface area contributed by atoms with Crippen LogP contribution < -0.4 is 10.1 Å². The van der Waals surface area contributed by atoms with Crippen molar-refractivity contribution in [2.75, 3.05) is 18.6 Å². The Balaban J connectivity index is 1.83. The average molecular weight is 301 g/mol. The molecule has 110 valence electrons. The molecule has 0 saturated carbocycles. The summed E-state index contributed by atoms with van der Waals surface area (Å²) in [5.74, 6) is 2.56. The highest BCUT2D eigenvalue weighted by molar-refractivity contribution is 7.84. The minimum atomic E-state index is -0.727. The number of rotatable bonds is 5. The van der Waals surface area contributed by atoms with Crippen LogP contribution in [0.4, 0.5) is 0 Å². The van der Waals surface area contributed by atoms with Crippen LogP contribution in [0.2, 0.25) is 0 Å². The van der Waals surface area contributed by atoms with Gasteiger partial charge in [-0.25, -0.2) is 0 Å². The van der Waals surface area contributed by atoms with Gasteiger partial charge in [-0.2, -0.15) is 0 Å². The molecule has 0 amide bonds. The van der Waals surface area contributed by atoms with Crippen LogP contribution >= 0.6 is 0 Å². The third kappa shape index (κ3) is 3.17. The Kier molecular flexibility index (Phi) is 4.36. The molecule has 4 heteroatoms. The first-order valence-corrected chi connectivity index (χ1v) is 8.87. The molecule has 0 aliphatic carbocycles. The van der Waals surface area contributed by atoms with Gasteiger partial charge in [-0.3, -0.25) is 4.21 Å². The third-order valence-electron chi connectivity index (χ3n) is 3.64. The molecule has 21 heavy (non-hydrogen) atoms. The molecule has 2 aromatic carbocycles. The maximum Gasteiger partial charge on any atom is 0.132 e. The molecule has 0 radical (unpaired) electrons. The third-order valence-corrected chi connectivity index (χ3v) is 4.50. The molecule has 3 nitrogen and oxygen atoms in total. The van der Waals surface area contributed by atoms with Crippen LogP contribution in [-0.2, 0) is 10.8 Å². The summed E-state index contributed by atoms with van der Waals surface area (Å²) in [5, 5.41) is 3.57. The molecular weight excluding hydrogens is 282 g/mol. The zero-order valence-corrected chi connectivity index (χ0v) is 12.9. The lowest BCUT2D eigenvalue weighted by Crippen LogP contribution is -2.27. The molecule has 0 saturated heterocycles. The first-order chi connectivity index (χ1) is 10.3. The fraction of sp³-hybridized carbons (Fsp3) is 0.294. The summed E-state index contributed by atoms with van der Waals surface area (Å²) in [5.41, 5.74) is 2.32. The summed E-state index contributed by atoms with van der Waals surface area (Å²) in [7, 11) is -0.727. The van der Waals surface area contributed by atoms with Crippen molar-refractivity contribution in [3.8, 4) is 11.5 Å². The van der Waals surface area contributed by atoms with Crippen molar-refractivity contribution in [3.05, 3.63) is 59.7 Å². The minimum Gasteiger partial charge on any atom is -0.457 e. The number of benzene rings is 2. The number of para-hydroxylation sites is 2. The summed E-state index contributed by atoms with van der Waals surface area (Å²) in [4.78, 5) is 0. The van der Waals surface area contributed by atoms with Crippen LogP contribution in [0.25, 0.3) is 0 Å². The maximum atomic E-state index is 11.2. The van der Waals surface area contributed by atoms with E-state index >= 15 is 0 Å². The van der Waals surface area contributed by atoms with Crippen LogP contribution in [0.15, 0.2) is 48.5 Å². The number of nitrogens with one attached hydrogen (secondary N) is 1. The Hall–Kier alpha value is -1.65. The van der Waals surface area contributed by atoms with Gasteiger partial charge in [0.15, 0.2) is 0 Å². The molecule has 0 fully saturated rings. The summed E-state index contributed by atoms with van der Waals surface area (Å²) in [6.45, 7) is 0.840. The topological polar surface area (TPSA) is 38.3 Å². The standard InChI is InChI=1S/C17H19NO2S/c1-21(19)12-6-11-18-17-13-7-2-4-9-15(13)20-16-10-5-3-8-14(16)17/h2-5,7-10,17-18H,6,11-12H2,1H3. The van der Waals surface area contributed by atoms with Gasteiger partial charge in [0.25, 0.3) is 0 Å². The van der Waals surface area contributed by atoms with Gasteiger partial charge < -0.3 is 10.1 Å². The number of fused-ring (bicyclic) bond motifs is 2. The van der Waals surface area contributed by atoms with Crippen molar-refractivity contribution in [1.29, 1.82) is 0 Å². The first kappa shape index (κ1) is 14.3. The van der Waals surface area contributed by atoms with Crippen molar-refractivity contribution in [3.63, 3.8) is 0 Å². The van der Waals surface area contributed by atoms with E-state index in [0.29, 0.717) is 0 Å². The van der Waals surface area contributed by atoms with Gasteiger partial charge in [0.2, 0.25) is 0 Å². The molecule has 1 atom stereocenters. The molecule has 1 aliphatic heterocycles. The predicted molar refractivity (Wildman–Crippen MR) is 86.4 cm³/mol.